The Labute approximate surface area is 181 Å². The van der Waals surface area contributed by atoms with E-state index in [9.17, 15) is 20.4 Å². The third-order valence-electron chi connectivity index (χ3n) is 6.20. The second kappa shape index (κ2) is 9.14. The largest absolute Gasteiger partial charge is 0.492 e. The van der Waals surface area contributed by atoms with E-state index in [1.165, 1.54) is 12.7 Å². The Balaban J connectivity index is 1.80. The van der Waals surface area contributed by atoms with E-state index >= 15 is 0 Å². The summed E-state index contributed by atoms with van der Waals surface area (Å²) in [7, 11) is 1.53. The molecular weight excluding hydrogens is 400 g/mol. The third-order valence-corrected chi connectivity index (χ3v) is 6.20. The zero-order valence-electron chi connectivity index (χ0n) is 17.8. The minimum absolute atomic E-state index is 0.451. The average molecular weight is 430 g/mol. The predicted molar refractivity (Wildman–Crippen MR) is 114 cm³/mol. The molecule has 0 unspecified atom stereocenters. The van der Waals surface area contributed by atoms with Gasteiger partial charge in [-0.1, -0.05) is 29.8 Å². The van der Waals surface area contributed by atoms with Crippen LogP contribution in [0.3, 0.4) is 0 Å². The summed E-state index contributed by atoms with van der Waals surface area (Å²) in [5.74, 6) is 1.08. The predicted octanol–water partition coefficient (Wildman–Crippen LogP) is 1.43. The SMILES string of the molecule is COc1c([C@@H]2O[C@H](CO)[C@@H](O)[C@H](O)[C@H]2O)cc(Cc2ccc(C)cc2)c2c1OCCC2. The summed E-state index contributed by atoms with van der Waals surface area (Å²) < 4.78 is 17.5. The summed E-state index contributed by atoms with van der Waals surface area (Å²) in [6.45, 7) is 2.12. The quantitative estimate of drug-likeness (QED) is 0.568. The standard InChI is InChI=1S/C24H30O7/c1-13-5-7-14(8-6-13)10-15-11-17(23(29-2)24-16(15)4-3-9-30-24)22-21(28)20(27)19(26)18(12-25)31-22/h5-8,11,18-22,25-28H,3-4,9-10,12H2,1-2H3/t18-,19-,20+,21-,22+/m1/s1. The number of aliphatic hydroxyl groups is 4. The van der Waals surface area contributed by atoms with Crippen molar-refractivity contribution in [2.75, 3.05) is 20.3 Å². The van der Waals surface area contributed by atoms with Gasteiger partial charge >= 0.3 is 0 Å². The van der Waals surface area contributed by atoms with Crippen LogP contribution in [0.25, 0.3) is 0 Å². The van der Waals surface area contributed by atoms with Crippen LogP contribution in [-0.2, 0) is 17.6 Å². The zero-order valence-corrected chi connectivity index (χ0v) is 17.8. The molecule has 0 amide bonds. The number of aryl methyl sites for hydroxylation is 1. The molecule has 168 valence electrons. The monoisotopic (exact) mass is 430 g/mol. The maximum absolute atomic E-state index is 10.7. The highest BCUT2D eigenvalue weighted by Crippen LogP contribution is 2.46. The van der Waals surface area contributed by atoms with Crippen molar-refractivity contribution in [2.24, 2.45) is 0 Å². The molecule has 0 bridgehead atoms. The number of aliphatic hydroxyl groups excluding tert-OH is 4. The van der Waals surface area contributed by atoms with E-state index in [0.717, 1.165) is 29.5 Å². The van der Waals surface area contributed by atoms with Crippen LogP contribution < -0.4 is 9.47 Å². The van der Waals surface area contributed by atoms with Crippen molar-refractivity contribution in [2.45, 2.75) is 56.7 Å². The van der Waals surface area contributed by atoms with E-state index in [1.807, 2.05) is 13.0 Å². The van der Waals surface area contributed by atoms with Gasteiger partial charge in [0.1, 0.15) is 30.5 Å². The Morgan fingerprint density at radius 2 is 1.81 bits per heavy atom. The molecule has 2 aromatic rings. The molecule has 4 rings (SSSR count). The van der Waals surface area contributed by atoms with Gasteiger partial charge < -0.3 is 34.6 Å². The molecule has 31 heavy (non-hydrogen) atoms. The van der Waals surface area contributed by atoms with Gasteiger partial charge in [0, 0.05) is 11.1 Å². The van der Waals surface area contributed by atoms with Gasteiger partial charge in [0.25, 0.3) is 0 Å². The third kappa shape index (κ3) is 4.16. The van der Waals surface area contributed by atoms with Crippen molar-refractivity contribution in [3.05, 3.63) is 58.1 Å². The first-order valence-corrected chi connectivity index (χ1v) is 10.7. The number of fused-ring (bicyclic) bond motifs is 1. The lowest BCUT2D eigenvalue weighted by Gasteiger charge is -2.41. The molecule has 1 saturated heterocycles. The number of rotatable bonds is 5. The van der Waals surface area contributed by atoms with E-state index in [0.29, 0.717) is 30.1 Å². The first-order valence-electron chi connectivity index (χ1n) is 10.7. The van der Waals surface area contributed by atoms with Crippen LogP contribution in [0.4, 0.5) is 0 Å². The summed E-state index contributed by atoms with van der Waals surface area (Å²) >= 11 is 0. The fourth-order valence-electron chi connectivity index (χ4n) is 4.47. The minimum Gasteiger partial charge on any atom is -0.492 e. The second-order valence-electron chi connectivity index (χ2n) is 8.33. The van der Waals surface area contributed by atoms with E-state index in [2.05, 4.69) is 24.3 Å². The highest BCUT2D eigenvalue weighted by Gasteiger charge is 2.45. The summed E-state index contributed by atoms with van der Waals surface area (Å²) in [5, 5.41) is 40.7. The first-order chi connectivity index (χ1) is 14.9. The lowest BCUT2D eigenvalue weighted by Crippen LogP contribution is -2.55. The molecule has 2 aromatic carbocycles. The number of methoxy groups -OCH3 is 1. The van der Waals surface area contributed by atoms with Crippen molar-refractivity contribution in [3.63, 3.8) is 0 Å². The van der Waals surface area contributed by atoms with Crippen LogP contribution in [0, 0.1) is 6.92 Å². The number of benzene rings is 2. The van der Waals surface area contributed by atoms with Crippen molar-refractivity contribution in [3.8, 4) is 11.5 Å². The summed E-state index contributed by atoms with van der Waals surface area (Å²) in [4.78, 5) is 0. The topological polar surface area (TPSA) is 109 Å². The Morgan fingerprint density at radius 3 is 2.48 bits per heavy atom. The van der Waals surface area contributed by atoms with Crippen LogP contribution in [0.2, 0.25) is 0 Å². The van der Waals surface area contributed by atoms with Crippen molar-refractivity contribution in [1.82, 2.24) is 0 Å². The summed E-state index contributed by atoms with van der Waals surface area (Å²) in [6, 6.07) is 10.2. The van der Waals surface area contributed by atoms with E-state index < -0.39 is 37.1 Å². The van der Waals surface area contributed by atoms with Crippen molar-refractivity contribution < 1.29 is 34.6 Å². The van der Waals surface area contributed by atoms with Crippen LogP contribution in [0.5, 0.6) is 11.5 Å². The van der Waals surface area contributed by atoms with Gasteiger partial charge in [-0.25, -0.2) is 0 Å². The molecule has 0 aliphatic carbocycles. The minimum atomic E-state index is -1.46. The van der Waals surface area contributed by atoms with Crippen LogP contribution in [-0.4, -0.2) is 65.2 Å². The first kappa shape index (κ1) is 22.0. The van der Waals surface area contributed by atoms with E-state index in [4.69, 9.17) is 14.2 Å². The molecule has 7 nitrogen and oxygen atoms in total. The molecule has 4 N–H and O–H groups in total. The molecule has 5 atom stereocenters. The highest BCUT2D eigenvalue weighted by molar-refractivity contribution is 5.58. The van der Waals surface area contributed by atoms with Crippen LogP contribution in [0.15, 0.2) is 30.3 Å². The molecule has 1 fully saturated rings. The van der Waals surface area contributed by atoms with Gasteiger partial charge in [-0.3, -0.25) is 0 Å². The lowest BCUT2D eigenvalue weighted by atomic mass is 9.86. The molecule has 7 heteroatoms. The van der Waals surface area contributed by atoms with Gasteiger partial charge in [-0.05, 0) is 43.4 Å². The van der Waals surface area contributed by atoms with Crippen LogP contribution in [0.1, 0.15) is 40.3 Å². The Bertz CT molecular complexity index is 909. The van der Waals surface area contributed by atoms with Crippen molar-refractivity contribution >= 4 is 0 Å². The molecule has 2 aliphatic heterocycles. The summed E-state index contributed by atoms with van der Waals surface area (Å²) in [5.41, 5.74) is 4.96. The van der Waals surface area contributed by atoms with Gasteiger partial charge in [0.05, 0.1) is 20.3 Å². The van der Waals surface area contributed by atoms with Crippen molar-refractivity contribution in [1.29, 1.82) is 0 Å². The van der Waals surface area contributed by atoms with Gasteiger partial charge in [-0.15, -0.1) is 0 Å². The number of ether oxygens (including phenoxy) is 3. The highest BCUT2D eigenvalue weighted by atomic mass is 16.5. The Morgan fingerprint density at radius 1 is 1.06 bits per heavy atom. The molecule has 0 spiro atoms. The molecule has 0 saturated carbocycles. The smallest absolute Gasteiger partial charge is 0.166 e. The molecular formula is C24H30O7. The van der Waals surface area contributed by atoms with Gasteiger partial charge in [-0.2, -0.15) is 0 Å². The molecule has 0 radical (unpaired) electrons. The fourth-order valence-corrected chi connectivity index (χ4v) is 4.47. The van der Waals surface area contributed by atoms with Gasteiger partial charge in [0.15, 0.2) is 11.5 Å². The molecule has 0 aromatic heterocycles. The Kier molecular flexibility index (Phi) is 6.50. The average Bonchev–Trinajstić information content (AvgIpc) is 2.79. The lowest BCUT2D eigenvalue weighted by molar-refractivity contribution is -0.232. The maximum Gasteiger partial charge on any atom is 0.166 e. The van der Waals surface area contributed by atoms with Gasteiger partial charge in [0.2, 0.25) is 0 Å². The van der Waals surface area contributed by atoms with Crippen LogP contribution >= 0.6 is 0 Å². The molecule has 2 aliphatic rings. The molecule has 2 heterocycles. The zero-order chi connectivity index (χ0) is 22.1. The second-order valence-corrected chi connectivity index (χ2v) is 8.33. The summed E-state index contributed by atoms with van der Waals surface area (Å²) in [6.07, 6.45) is -3.83. The maximum atomic E-state index is 10.7. The number of hydrogen-bond donors (Lipinski definition) is 4. The Hall–Kier alpha value is -2.16. The fraction of sp³-hybridized carbons (Fsp3) is 0.500. The van der Waals surface area contributed by atoms with E-state index in [-0.39, 0.29) is 0 Å². The van der Waals surface area contributed by atoms with E-state index in [1.54, 1.807) is 0 Å². The normalized spacial score (nSPS) is 28.0. The number of hydrogen-bond acceptors (Lipinski definition) is 7.